The summed E-state index contributed by atoms with van der Waals surface area (Å²) in [6, 6.07) is 4.41. The third-order valence-corrected chi connectivity index (χ3v) is 3.10. The molecule has 0 aliphatic heterocycles. The smallest absolute Gasteiger partial charge is 0.119 e. The quantitative estimate of drug-likeness (QED) is 0.493. The maximum atomic E-state index is 9.92. The Morgan fingerprint density at radius 3 is 2.50 bits per heavy atom. The highest BCUT2D eigenvalue weighted by Gasteiger charge is 2.09. The van der Waals surface area contributed by atoms with Crippen molar-refractivity contribution in [2.24, 2.45) is 0 Å². The zero-order valence-corrected chi connectivity index (χ0v) is 13.8. The third-order valence-electron chi connectivity index (χ3n) is 3.10. The molecule has 0 fully saturated rings. The normalized spacial score (nSPS) is 19.7. The Morgan fingerprint density at radius 1 is 1.12 bits per heavy atom. The predicted octanol–water partition coefficient (Wildman–Crippen LogP) is 0.991. The van der Waals surface area contributed by atoms with Gasteiger partial charge < -0.3 is 29.7 Å². The lowest BCUT2D eigenvalue weighted by atomic mass is 10.1. The van der Waals surface area contributed by atoms with E-state index in [4.69, 9.17) is 23.8 Å². The highest BCUT2D eigenvalue weighted by atomic mass is 16.5. The molecule has 6 nitrogen and oxygen atoms in total. The average Bonchev–Trinajstić information content (AvgIpc) is 2.68. The Bertz CT molecular complexity index is 626. The first-order valence-electron chi connectivity index (χ1n) is 11.2. The summed E-state index contributed by atoms with van der Waals surface area (Å²) in [6.07, 6.45) is -1.47. The zero-order valence-electron chi connectivity index (χ0n) is 20.8. The predicted molar refractivity (Wildman–Crippen MR) is 93.5 cm³/mol. The molecule has 0 aliphatic carbocycles. The molecule has 1 aromatic rings. The minimum Gasteiger partial charge on any atom is -0.491 e. The highest BCUT2D eigenvalue weighted by molar-refractivity contribution is 5.27. The zero-order chi connectivity index (χ0) is 23.7. The van der Waals surface area contributed by atoms with Crippen molar-refractivity contribution in [3.8, 4) is 5.75 Å². The lowest BCUT2D eigenvalue weighted by Gasteiger charge is -2.16. The van der Waals surface area contributed by atoms with Crippen LogP contribution in [0.2, 0.25) is 0 Å². The van der Waals surface area contributed by atoms with Crippen LogP contribution in [-0.2, 0) is 15.9 Å². The van der Waals surface area contributed by atoms with Crippen LogP contribution < -0.4 is 10.1 Å². The summed E-state index contributed by atoms with van der Waals surface area (Å²) in [5.41, 5.74) is 1.09. The second-order valence-electron chi connectivity index (χ2n) is 5.30. The van der Waals surface area contributed by atoms with E-state index in [9.17, 15) is 10.2 Å². The molecule has 1 rings (SSSR count). The molecule has 0 saturated heterocycles. The summed E-state index contributed by atoms with van der Waals surface area (Å²) in [7, 11) is 1.63. The van der Waals surface area contributed by atoms with Gasteiger partial charge >= 0.3 is 0 Å². The molecule has 138 valence electrons. The molecule has 2 unspecified atom stereocenters. The molecule has 6 heteroatoms. The van der Waals surface area contributed by atoms with E-state index in [1.807, 2.05) is 12.1 Å². The van der Waals surface area contributed by atoms with E-state index in [-0.39, 0.29) is 19.8 Å². The molecule has 0 bridgehead atoms. The van der Waals surface area contributed by atoms with Crippen molar-refractivity contribution in [3.05, 3.63) is 29.8 Å². The van der Waals surface area contributed by atoms with Crippen molar-refractivity contribution < 1.29 is 34.0 Å². The van der Waals surface area contributed by atoms with Gasteiger partial charge in [-0.25, -0.2) is 0 Å². The van der Waals surface area contributed by atoms with E-state index < -0.39 is 38.5 Å². The number of ether oxygens (including phenoxy) is 3. The number of methoxy groups -OCH3 is 1. The van der Waals surface area contributed by atoms with Gasteiger partial charge in [-0.3, -0.25) is 0 Å². The minimum atomic E-state index is -3.13. The van der Waals surface area contributed by atoms with Gasteiger partial charge in [-0.05, 0) is 24.1 Å². The largest absolute Gasteiger partial charge is 0.491 e. The van der Waals surface area contributed by atoms with Crippen LogP contribution in [0.5, 0.6) is 5.75 Å². The van der Waals surface area contributed by atoms with Gasteiger partial charge in [-0.2, -0.15) is 0 Å². The molecule has 24 heavy (non-hydrogen) atoms. The number of rotatable bonds is 13. The Balaban J connectivity index is 2.34. The highest BCUT2D eigenvalue weighted by Crippen LogP contribution is 2.13. The second-order valence-corrected chi connectivity index (χ2v) is 5.30. The molecule has 0 aliphatic rings. The van der Waals surface area contributed by atoms with E-state index in [1.54, 1.807) is 19.2 Å². The molecule has 0 saturated carbocycles. The molecular weight excluding hydrogens is 310 g/mol. The van der Waals surface area contributed by atoms with Crippen molar-refractivity contribution in [2.75, 3.05) is 40.1 Å². The summed E-state index contributed by atoms with van der Waals surface area (Å²) in [5, 5.41) is 21.9. The number of aliphatic hydroxyl groups excluding tert-OH is 2. The van der Waals surface area contributed by atoms with E-state index in [1.165, 1.54) is 0 Å². The molecule has 0 aromatic heterocycles. The minimum absolute atomic E-state index is 0.0420. The van der Waals surface area contributed by atoms with Gasteiger partial charge in [0.2, 0.25) is 0 Å². The topological polar surface area (TPSA) is 80.2 Å². The van der Waals surface area contributed by atoms with Crippen molar-refractivity contribution in [1.29, 1.82) is 0 Å². The van der Waals surface area contributed by atoms with Gasteiger partial charge in [-0.1, -0.05) is 25.8 Å². The van der Waals surface area contributed by atoms with Crippen LogP contribution in [0.3, 0.4) is 0 Å². The van der Waals surface area contributed by atoms with E-state index in [2.05, 4.69) is 5.32 Å². The maximum Gasteiger partial charge on any atom is 0.119 e. The molecule has 0 heterocycles. The number of benzene rings is 1. The molecule has 1 aromatic carbocycles. The first kappa shape index (κ1) is 12.2. The molecular formula is C18H31NO5. The molecule has 0 spiro atoms. The molecule has 0 amide bonds. The summed E-state index contributed by atoms with van der Waals surface area (Å²) in [4.78, 5) is 0. The Hall–Kier alpha value is -1.18. The number of hydrogen-bond donors (Lipinski definition) is 3. The van der Waals surface area contributed by atoms with Crippen LogP contribution in [-0.4, -0.2) is 68.5 Å². The fourth-order valence-corrected chi connectivity index (χ4v) is 1.83. The van der Waals surface area contributed by atoms with Gasteiger partial charge in [-0.15, -0.1) is 0 Å². The number of nitrogens with one attached hydrogen (secondary N) is 1. The Kier molecular flexibility index (Phi) is 6.22. The van der Waals surface area contributed by atoms with Crippen molar-refractivity contribution in [1.82, 2.24) is 5.32 Å². The SMILES string of the molecule is [2H]C([2H])([2H])C([2H])(NCC(O)COCC(O)COc1ccc(CCOC)cc1)C([2H])([2H])[2H]. The van der Waals surface area contributed by atoms with Gasteiger partial charge in [0.15, 0.2) is 0 Å². The average molecular weight is 348 g/mol. The van der Waals surface area contributed by atoms with Gasteiger partial charge in [0.1, 0.15) is 18.5 Å². The van der Waals surface area contributed by atoms with Crippen LogP contribution in [0.4, 0.5) is 0 Å². The Morgan fingerprint density at radius 2 is 1.83 bits per heavy atom. The van der Waals surface area contributed by atoms with Gasteiger partial charge in [0, 0.05) is 29.3 Å². The van der Waals surface area contributed by atoms with Crippen LogP contribution >= 0.6 is 0 Å². The van der Waals surface area contributed by atoms with E-state index in [0.29, 0.717) is 12.4 Å². The Labute approximate surface area is 154 Å². The maximum absolute atomic E-state index is 9.92. The standard InChI is InChI=1S/C18H31NO5/c1-14(2)19-10-16(20)11-23-12-17(21)13-24-18-6-4-15(5-7-18)8-9-22-3/h4-7,14,16-17,19-21H,8-13H2,1-3H3/i1D3,2D3,14D. The summed E-state index contributed by atoms with van der Waals surface area (Å²) in [5.74, 6) is 0.575. The number of hydrogen-bond acceptors (Lipinski definition) is 6. The first-order chi connectivity index (χ1) is 14.3. The molecule has 3 N–H and O–H groups in total. The monoisotopic (exact) mass is 348 g/mol. The third kappa shape index (κ3) is 9.85. The van der Waals surface area contributed by atoms with Crippen molar-refractivity contribution >= 4 is 0 Å². The fraction of sp³-hybridized carbons (Fsp3) is 0.667. The summed E-state index contributed by atoms with van der Waals surface area (Å²) in [6.45, 7) is -6.62. The second kappa shape index (κ2) is 12.2. The molecule has 2 atom stereocenters. The lowest BCUT2D eigenvalue weighted by Crippen LogP contribution is -2.35. The first-order valence-corrected chi connectivity index (χ1v) is 7.69. The van der Waals surface area contributed by atoms with Gasteiger partial charge in [0.05, 0.1) is 25.9 Å². The van der Waals surface area contributed by atoms with Crippen molar-refractivity contribution in [3.63, 3.8) is 0 Å². The van der Waals surface area contributed by atoms with Crippen LogP contribution in [0.15, 0.2) is 24.3 Å². The van der Waals surface area contributed by atoms with E-state index in [0.717, 1.165) is 12.0 Å². The summed E-state index contributed by atoms with van der Waals surface area (Å²) < 4.78 is 67.2. The van der Waals surface area contributed by atoms with Gasteiger partial charge in [0.25, 0.3) is 0 Å². The summed E-state index contributed by atoms with van der Waals surface area (Å²) >= 11 is 0. The van der Waals surface area contributed by atoms with Crippen LogP contribution in [0.25, 0.3) is 0 Å². The van der Waals surface area contributed by atoms with Crippen molar-refractivity contribution in [2.45, 2.75) is 38.4 Å². The lowest BCUT2D eigenvalue weighted by molar-refractivity contribution is -0.0204. The van der Waals surface area contributed by atoms with Crippen LogP contribution in [0, 0.1) is 0 Å². The number of aliphatic hydroxyl groups is 2. The van der Waals surface area contributed by atoms with E-state index >= 15 is 0 Å². The molecule has 0 radical (unpaired) electrons. The fourth-order valence-electron chi connectivity index (χ4n) is 1.83. The van der Waals surface area contributed by atoms with Crippen LogP contribution in [0.1, 0.15) is 28.9 Å².